The van der Waals surface area contributed by atoms with Gasteiger partial charge in [0.2, 0.25) is 5.95 Å². The minimum absolute atomic E-state index is 0.468. The summed E-state index contributed by atoms with van der Waals surface area (Å²) in [6.07, 6.45) is 7.06. The Bertz CT molecular complexity index is 1630. The van der Waals surface area contributed by atoms with Crippen LogP contribution in [0.3, 0.4) is 0 Å². The lowest BCUT2D eigenvalue weighted by Gasteiger charge is -2.56. The predicted molar refractivity (Wildman–Crippen MR) is 147 cm³/mol. The van der Waals surface area contributed by atoms with E-state index in [0.717, 1.165) is 65.2 Å². The topological polar surface area (TPSA) is 105 Å². The zero-order valence-electron chi connectivity index (χ0n) is 22.4. The molecule has 0 saturated carbocycles. The molecule has 0 radical (unpaired) electrons. The van der Waals surface area contributed by atoms with E-state index >= 15 is 0 Å². The molecule has 5 aromatic rings. The van der Waals surface area contributed by atoms with Gasteiger partial charge in [-0.3, -0.25) is 15.0 Å². The summed E-state index contributed by atoms with van der Waals surface area (Å²) >= 11 is 0. The molecule has 40 heavy (non-hydrogen) atoms. The van der Waals surface area contributed by atoms with Crippen molar-refractivity contribution in [1.29, 1.82) is 0 Å². The van der Waals surface area contributed by atoms with Crippen molar-refractivity contribution in [3.05, 3.63) is 95.5 Å². The lowest BCUT2D eigenvalue weighted by molar-refractivity contribution is -0.00967. The second-order valence-electron chi connectivity index (χ2n) is 10.7. The highest BCUT2D eigenvalue weighted by atomic mass is 19.1. The molecular formula is C29H29FN10. The maximum atomic E-state index is 13.2. The normalized spacial score (nSPS) is 18.6. The fourth-order valence-corrected chi connectivity index (χ4v) is 5.72. The van der Waals surface area contributed by atoms with Crippen molar-refractivity contribution in [2.75, 3.05) is 18.0 Å². The van der Waals surface area contributed by atoms with Crippen LogP contribution in [0.15, 0.2) is 61.1 Å². The van der Waals surface area contributed by atoms with E-state index in [2.05, 4.69) is 47.2 Å². The number of fused-ring (bicyclic) bond motifs is 2. The Balaban J connectivity index is 0.991. The third-order valence-corrected chi connectivity index (χ3v) is 7.68. The minimum Gasteiger partial charge on any atom is -0.353 e. The number of anilines is 1. The molecule has 0 aliphatic carbocycles. The molecule has 3 aliphatic heterocycles. The molecule has 2 unspecified atom stereocenters. The Kier molecular flexibility index (Phi) is 6.07. The first-order valence-corrected chi connectivity index (χ1v) is 13.5. The Hall–Kier alpha value is -4.51. The molecule has 202 valence electrons. The van der Waals surface area contributed by atoms with Crippen molar-refractivity contribution in [3.63, 3.8) is 0 Å². The van der Waals surface area contributed by atoms with Gasteiger partial charge in [0.1, 0.15) is 5.82 Å². The minimum atomic E-state index is -0.500. The first-order valence-electron chi connectivity index (χ1n) is 13.5. The van der Waals surface area contributed by atoms with Crippen LogP contribution in [0, 0.1) is 19.8 Å². The average Bonchev–Trinajstić information content (AvgIpc) is 3.59. The molecule has 11 heteroatoms. The van der Waals surface area contributed by atoms with Gasteiger partial charge >= 0.3 is 0 Å². The number of halogens is 1. The van der Waals surface area contributed by atoms with Crippen LogP contribution in [-0.2, 0) is 13.0 Å². The number of nitrogens with one attached hydrogen (secondary N) is 1. The van der Waals surface area contributed by atoms with E-state index in [4.69, 9.17) is 9.97 Å². The fraction of sp³-hybridized carbons (Fsp3) is 0.310. The summed E-state index contributed by atoms with van der Waals surface area (Å²) in [6, 6.07) is 14.4. The van der Waals surface area contributed by atoms with Crippen LogP contribution in [0.25, 0.3) is 17.1 Å². The van der Waals surface area contributed by atoms with E-state index in [0.29, 0.717) is 24.3 Å². The number of aryl methyl sites for hydroxylation is 2. The third kappa shape index (κ3) is 4.84. The summed E-state index contributed by atoms with van der Waals surface area (Å²) in [4.78, 5) is 23.7. The molecule has 8 rings (SSSR count). The molecule has 10 nitrogen and oxygen atoms in total. The summed E-state index contributed by atoms with van der Waals surface area (Å²) in [7, 11) is 0. The molecule has 0 amide bonds. The maximum Gasteiger partial charge on any atom is 0.233 e. The number of nitrogens with zero attached hydrogens (tertiary/aromatic N) is 9. The monoisotopic (exact) mass is 536 g/mol. The van der Waals surface area contributed by atoms with E-state index < -0.39 is 5.95 Å². The first-order chi connectivity index (χ1) is 19.5. The lowest BCUT2D eigenvalue weighted by atomic mass is 9.87. The molecular weight excluding hydrogens is 507 g/mol. The van der Waals surface area contributed by atoms with Crippen molar-refractivity contribution in [1.82, 2.24) is 44.8 Å². The van der Waals surface area contributed by atoms with E-state index in [1.165, 1.54) is 17.2 Å². The molecule has 2 atom stereocenters. The van der Waals surface area contributed by atoms with Crippen LogP contribution < -0.4 is 4.90 Å². The first kappa shape index (κ1) is 24.5. The number of piperidine rings is 1. The number of rotatable bonds is 7. The predicted octanol–water partition coefficient (Wildman–Crippen LogP) is 3.65. The van der Waals surface area contributed by atoms with Gasteiger partial charge in [0.15, 0.2) is 5.82 Å². The second-order valence-corrected chi connectivity index (χ2v) is 10.7. The molecule has 5 aromatic heterocycles. The zero-order chi connectivity index (χ0) is 27.2. The van der Waals surface area contributed by atoms with Gasteiger partial charge in [-0.25, -0.2) is 19.6 Å². The average molecular weight is 537 g/mol. The maximum absolute atomic E-state index is 13.2. The van der Waals surface area contributed by atoms with Crippen molar-refractivity contribution in [2.45, 2.75) is 45.3 Å². The molecule has 0 aromatic carbocycles. The van der Waals surface area contributed by atoms with Crippen LogP contribution in [-0.4, -0.2) is 70.0 Å². The molecule has 3 aliphatic rings. The third-order valence-electron chi connectivity index (χ3n) is 7.68. The van der Waals surface area contributed by atoms with E-state index in [9.17, 15) is 4.39 Å². The van der Waals surface area contributed by atoms with Crippen molar-refractivity contribution >= 4 is 5.82 Å². The van der Waals surface area contributed by atoms with Crippen molar-refractivity contribution in [3.8, 4) is 17.1 Å². The van der Waals surface area contributed by atoms with Crippen LogP contribution in [0.2, 0.25) is 0 Å². The van der Waals surface area contributed by atoms with E-state index in [1.807, 2.05) is 44.3 Å². The molecule has 0 spiro atoms. The van der Waals surface area contributed by atoms with Gasteiger partial charge in [-0.2, -0.15) is 9.49 Å². The lowest BCUT2D eigenvalue weighted by Crippen LogP contribution is -2.68. The van der Waals surface area contributed by atoms with Crippen LogP contribution >= 0.6 is 0 Å². The summed E-state index contributed by atoms with van der Waals surface area (Å²) in [5.74, 6) is 1.16. The van der Waals surface area contributed by atoms with Gasteiger partial charge < -0.3 is 4.90 Å². The Morgan fingerprint density at radius 2 is 1.80 bits per heavy atom. The molecule has 1 N–H and O–H groups in total. The number of hydrogen-bond donors (Lipinski definition) is 1. The summed E-state index contributed by atoms with van der Waals surface area (Å²) < 4.78 is 14.7. The SMILES string of the molecule is Cc1cc(Cc2cc(C)[nH]n2)nc(-c2ccc(N3CC4CC(C3)N4Cc3ccc(-n4ccc(F)n4)cn3)nc2)n1. The van der Waals surface area contributed by atoms with Gasteiger partial charge in [-0.15, -0.1) is 5.10 Å². The van der Waals surface area contributed by atoms with Crippen molar-refractivity contribution < 1.29 is 4.39 Å². The quantitative estimate of drug-likeness (QED) is 0.336. The number of aromatic nitrogens is 8. The number of pyridine rings is 2. The summed E-state index contributed by atoms with van der Waals surface area (Å²) in [5, 5.41) is 11.1. The Morgan fingerprint density at radius 3 is 2.48 bits per heavy atom. The van der Waals surface area contributed by atoms with Gasteiger partial charge in [0.05, 0.1) is 29.0 Å². The van der Waals surface area contributed by atoms with Crippen LogP contribution in [0.5, 0.6) is 0 Å². The number of H-pyrrole nitrogens is 1. The molecule has 3 saturated heterocycles. The molecule has 2 bridgehead atoms. The smallest absolute Gasteiger partial charge is 0.233 e. The largest absolute Gasteiger partial charge is 0.353 e. The Labute approximate surface area is 231 Å². The fourth-order valence-electron chi connectivity index (χ4n) is 5.72. The second kappa shape index (κ2) is 9.91. The van der Waals surface area contributed by atoms with E-state index in [1.54, 1.807) is 12.4 Å². The standard InChI is InChI=1S/C29H29FN10/c1-18-9-22(11-23-10-19(2)35-36-23)34-29(33-18)20-3-6-28(32-13-20)38-16-25-12-26(17-38)39(25)15-21-4-5-24(14-31-21)40-8-7-27(30)37-40/h3-10,13-14,25-26H,11-12,15-17H2,1-2H3,(H,35,36). The number of piperazine rings is 1. The Morgan fingerprint density at radius 1 is 0.925 bits per heavy atom. The highest BCUT2D eigenvalue weighted by Crippen LogP contribution is 2.35. The van der Waals surface area contributed by atoms with Gasteiger partial charge in [0, 0.05) is 73.6 Å². The van der Waals surface area contributed by atoms with Gasteiger partial charge in [-0.05, 0) is 56.7 Å². The van der Waals surface area contributed by atoms with Gasteiger partial charge in [0.25, 0.3) is 0 Å². The molecule has 8 heterocycles. The van der Waals surface area contributed by atoms with Crippen molar-refractivity contribution in [2.24, 2.45) is 0 Å². The highest BCUT2D eigenvalue weighted by Gasteiger charge is 2.44. The van der Waals surface area contributed by atoms with Gasteiger partial charge in [-0.1, -0.05) is 0 Å². The number of hydrogen-bond acceptors (Lipinski definition) is 8. The summed E-state index contributed by atoms with van der Waals surface area (Å²) in [5.41, 5.74) is 6.52. The zero-order valence-corrected chi connectivity index (χ0v) is 22.4. The summed E-state index contributed by atoms with van der Waals surface area (Å²) in [6.45, 7) is 6.65. The molecule has 3 fully saturated rings. The highest BCUT2D eigenvalue weighted by molar-refractivity contribution is 5.57. The van der Waals surface area contributed by atoms with Crippen LogP contribution in [0.1, 0.15) is 34.9 Å². The van der Waals surface area contributed by atoms with Crippen LogP contribution in [0.4, 0.5) is 10.2 Å². The van der Waals surface area contributed by atoms with E-state index in [-0.39, 0.29) is 0 Å². The number of aromatic amines is 1.